The van der Waals surface area contributed by atoms with Crippen molar-refractivity contribution >= 4 is 29.1 Å². The number of carbonyl (C=O) groups is 1. The van der Waals surface area contributed by atoms with E-state index >= 15 is 0 Å². The highest BCUT2D eigenvalue weighted by Crippen LogP contribution is 2.47. The van der Waals surface area contributed by atoms with Gasteiger partial charge in [0.05, 0.1) is 6.04 Å². The van der Waals surface area contributed by atoms with Gasteiger partial charge in [0.2, 0.25) is 5.91 Å². The van der Waals surface area contributed by atoms with E-state index in [1.807, 2.05) is 60.4 Å². The molecule has 1 fully saturated rings. The van der Waals surface area contributed by atoms with E-state index in [0.29, 0.717) is 22.9 Å². The Morgan fingerprint density at radius 1 is 1.17 bits per heavy atom. The second kappa shape index (κ2) is 9.80. The van der Waals surface area contributed by atoms with E-state index in [1.165, 1.54) is 0 Å². The summed E-state index contributed by atoms with van der Waals surface area (Å²) in [4.78, 5) is 15.4. The summed E-state index contributed by atoms with van der Waals surface area (Å²) in [6.07, 6.45) is 3.69. The van der Waals surface area contributed by atoms with Gasteiger partial charge in [-0.3, -0.25) is 4.79 Å². The van der Waals surface area contributed by atoms with E-state index in [9.17, 15) is 9.90 Å². The zero-order valence-electron chi connectivity index (χ0n) is 16.6. The Morgan fingerprint density at radius 3 is 2.52 bits per heavy atom. The first kappa shape index (κ1) is 21.9. The Labute approximate surface area is 182 Å². The highest BCUT2D eigenvalue weighted by molar-refractivity contribution is 6.30. The highest BCUT2D eigenvalue weighted by Gasteiger charge is 2.44. The minimum Gasteiger partial charge on any atom is -0.396 e. The van der Waals surface area contributed by atoms with Gasteiger partial charge in [-0.05, 0) is 61.6 Å². The van der Waals surface area contributed by atoms with Crippen LogP contribution in [-0.2, 0) is 4.79 Å². The average Bonchev–Trinajstić information content (AvgIpc) is 2.70. The number of carbonyl (C=O) groups excluding carboxylic acids is 1. The molecule has 1 amide bonds. The monoisotopic (exact) mass is 431 g/mol. The zero-order chi connectivity index (χ0) is 21.0. The SMILES string of the molecule is C=CC[C@@H]1C[C@H](c2cccc(Cl)c2)[C@@H](c2ccc(Cl)cc2)N([C@@H](C)CCO)C1=O. The summed E-state index contributed by atoms with van der Waals surface area (Å²) in [5.74, 6) is 0.0592. The van der Waals surface area contributed by atoms with Gasteiger partial charge in [-0.2, -0.15) is 0 Å². The predicted octanol–water partition coefficient (Wildman–Crippen LogP) is 6.01. The van der Waals surface area contributed by atoms with Crippen LogP contribution in [0.1, 0.15) is 49.3 Å². The zero-order valence-corrected chi connectivity index (χ0v) is 18.1. The van der Waals surface area contributed by atoms with Gasteiger partial charge >= 0.3 is 0 Å². The molecule has 0 bridgehead atoms. The van der Waals surface area contributed by atoms with Crippen LogP contribution >= 0.6 is 23.2 Å². The smallest absolute Gasteiger partial charge is 0.226 e. The lowest BCUT2D eigenvalue weighted by atomic mass is 9.74. The Kier molecular flexibility index (Phi) is 7.39. The van der Waals surface area contributed by atoms with Crippen molar-refractivity contribution in [3.05, 3.63) is 82.4 Å². The minimum absolute atomic E-state index is 0.0340. The number of amides is 1. The summed E-state index contributed by atoms with van der Waals surface area (Å²) in [6.45, 7) is 5.88. The van der Waals surface area contributed by atoms with E-state index in [0.717, 1.165) is 17.5 Å². The molecule has 4 atom stereocenters. The van der Waals surface area contributed by atoms with Crippen molar-refractivity contribution in [2.75, 3.05) is 6.61 Å². The maximum Gasteiger partial charge on any atom is 0.226 e. The van der Waals surface area contributed by atoms with Crippen molar-refractivity contribution in [1.82, 2.24) is 4.90 Å². The third-order valence-corrected chi connectivity index (χ3v) is 6.27. The molecule has 3 rings (SSSR count). The molecule has 1 N–H and O–H groups in total. The summed E-state index contributed by atoms with van der Waals surface area (Å²) in [5, 5.41) is 10.9. The van der Waals surface area contributed by atoms with Crippen molar-refractivity contribution in [3.63, 3.8) is 0 Å². The van der Waals surface area contributed by atoms with Gasteiger partial charge in [0.25, 0.3) is 0 Å². The molecule has 1 saturated heterocycles. The molecule has 1 aliphatic rings. The Bertz CT molecular complexity index is 852. The van der Waals surface area contributed by atoms with Crippen LogP contribution in [0.15, 0.2) is 61.2 Å². The lowest BCUT2D eigenvalue weighted by Crippen LogP contribution is -2.51. The summed E-state index contributed by atoms with van der Waals surface area (Å²) in [7, 11) is 0. The molecule has 0 aromatic heterocycles. The van der Waals surface area contributed by atoms with Gasteiger partial charge in [-0.25, -0.2) is 0 Å². The molecule has 0 saturated carbocycles. The van der Waals surface area contributed by atoms with Gasteiger partial charge in [0.1, 0.15) is 0 Å². The standard InChI is InChI=1S/C24H27Cl2NO2/c1-3-5-19-15-22(18-6-4-7-21(26)14-18)23(17-8-10-20(25)11-9-17)27(24(19)29)16(2)12-13-28/h3-4,6-11,14,16,19,22-23,28H,1,5,12-13,15H2,2H3/t16-,19+,22+,23+/m0/s1. The first-order valence-corrected chi connectivity index (χ1v) is 10.8. The van der Waals surface area contributed by atoms with Gasteiger partial charge in [0.15, 0.2) is 0 Å². The lowest BCUT2D eigenvalue weighted by molar-refractivity contribution is -0.146. The number of rotatable bonds is 7. The van der Waals surface area contributed by atoms with Crippen molar-refractivity contribution in [3.8, 4) is 0 Å². The molecule has 2 aromatic carbocycles. The molecule has 29 heavy (non-hydrogen) atoms. The molecule has 1 aliphatic heterocycles. The van der Waals surface area contributed by atoms with E-state index in [1.54, 1.807) is 0 Å². The topological polar surface area (TPSA) is 40.5 Å². The lowest BCUT2D eigenvalue weighted by Gasteiger charge is -2.47. The summed E-state index contributed by atoms with van der Waals surface area (Å²) >= 11 is 12.4. The number of aliphatic hydroxyl groups excluding tert-OH is 1. The van der Waals surface area contributed by atoms with Crippen LogP contribution in [0.25, 0.3) is 0 Å². The number of hydrogen-bond donors (Lipinski definition) is 1. The maximum absolute atomic E-state index is 13.5. The van der Waals surface area contributed by atoms with E-state index in [2.05, 4.69) is 12.6 Å². The number of benzene rings is 2. The van der Waals surface area contributed by atoms with Gasteiger partial charge in [-0.1, -0.05) is 53.5 Å². The summed E-state index contributed by atoms with van der Waals surface area (Å²) in [6, 6.07) is 15.3. The summed E-state index contributed by atoms with van der Waals surface area (Å²) in [5.41, 5.74) is 2.15. The fourth-order valence-electron chi connectivity index (χ4n) is 4.40. The van der Waals surface area contributed by atoms with Crippen LogP contribution in [0.5, 0.6) is 0 Å². The largest absolute Gasteiger partial charge is 0.396 e. The first-order valence-electron chi connectivity index (χ1n) is 10.0. The number of nitrogens with zero attached hydrogens (tertiary/aromatic N) is 1. The van der Waals surface area contributed by atoms with E-state index in [4.69, 9.17) is 23.2 Å². The quantitative estimate of drug-likeness (QED) is 0.544. The van der Waals surface area contributed by atoms with Crippen LogP contribution in [0, 0.1) is 5.92 Å². The molecule has 0 spiro atoms. The number of hydrogen-bond acceptors (Lipinski definition) is 2. The second-order valence-electron chi connectivity index (χ2n) is 7.72. The molecule has 5 heteroatoms. The van der Waals surface area contributed by atoms with Gasteiger partial charge in [0, 0.05) is 34.5 Å². The molecule has 0 unspecified atom stereocenters. The molecule has 3 nitrogen and oxygen atoms in total. The van der Waals surface area contributed by atoms with Crippen molar-refractivity contribution in [2.24, 2.45) is 5.92 Å². The van der Waals surface area contributed by atoms with Crippen LogP contribution in [0.2, 0.25) is 10.0 Å². The molecule has 0 aliphatic carbocycles. The Morgan fingerprint density at radius 2 is 1.90 bits per heavy atom. The Balaban J connectivity index is 2.13. The average molecular weight is 432 g/mol. The van der Waals surface area contributed by atoms with E-state index in [-0.39, 0.29) is 36.4 Å². The third-order valence-electron chi connectivity index (χ3n) is 5.78. The normalized spacial score (nSPS) is 23.1. The van der Waals surface area contributed by atoms with Crippen LogP contribution in [0.3, 0.4) is 0 Å². The summed E-state index contributed by atoms with van der Waals surface area (Å²) < 4.78 is 0. The van der Waals surface area contributed by atoms with Crippen molar-refractivity contribution in [1.29, 1.82) is 0 Å². The molecule has 154 valence electrons. The molecular formula is C24H27Cl2NO2. The van der Waals surface area contributed by atoms with Gasteiger partial charge < -0.3 is 10.0 Å². The first-order chi connectivity index (χ1) is 14.0. The number of piperidine rings is 1. The van der Waals surface area contributed by atoms with Crippen LogP contribution < -0.4 is 0 Å². The Hall–Kier alpha value is -1.81. The van der Waals surface area contributed by atoms with Crippen LogP contribution in [-0.4, -0.2) is 28.6 Å². The number of halogens is 2. The third kappa shape index (κ3) is 4.85. The predicted molar refractivity (Wildman–Crippen MR) is 119 cm³/mol. The highest BCUT2D eigenvalue weighted by atomic mass is 35.5. The fraction of sp³-hybridized carbons (Fsp3) is 0.375. The molecule has 1 heterocycles. The second-order valence-corrected chi connectivity index (χ2v) is 8.59. The maximum atomic E-state index is 13.5. The van der Waals surface area contributed by atoms with Gasteiger partial charge in [-0.15, -0.1) is 6.58 Å². The molecule has 0 radical (unpaired) electrons. The van der Waals surface area contributed by atoms with Crippen LogP contribution in [0.4, 0.5) is 0 Å². The van der Waals surface area contributed by atoms with Crippen molar-refractivity contribution < 1.29 is 9.90 Å². The fourth-order valence-corrected chi connectivity index (χ4v) is 4.73. The number of likely N-dealkylation sites (tertiary alicyclic amines) is 1. The number of aliphatic hydroxyl groups is 1. The van der Waals surface area contributed by atoms with Crippen molar-refractivity contribution in [2.45, 2.75) is 44.2 Å². The van der Waals surface area contributed by atoms with E-state index < -0.39 is 0 Å². The number of allylic oxidation sites excluding steroid dienone is 1. The molecule has 2 aromatic rings. The minimum atomic E-state index is -0.152. The molecular weight excluding hydrogens is 405 g/mol.